The SMILES string of the molecule is CCC(CC)C(=O)C(N)C(C)C. The van der Waals surface area contributed by atoms with E-state index < -0.39 is 0 Å². The van der Waals surface area contributed by atoms with Gasteiger partial charge in [0.25, 0.3) is 0 Å². The zero-order valence-corrected chi connectivity index (χ0v) is 8.63. The third kappa shape index (κ3) is 2.94. The highest BCUT2D eigenvalue weighted by Gasteiger charge is 2.23. The second-order valence-electron chi connectivity index (χ2n) is 3.69. The third-order valence-electron chi connectivity index (χ3n) is 2.43. The quantitative estimate of drug-likeness (QED) is 0.687. The molecule has 0 amide bonds. The zero-order valence-electron chi connectivity index (χ0n) is 8.63. The summed E-state index contributed by atoms with van der Waals surface area (Å²) in [7, 11) is 0. The van der Waals surface area contributed by atoms with Gasteiger partial charge in [-0.3, -0.25) is 4.79 Å². The molecule has 0 aliphatic rings. The molecule has 2 N–H and O–H groups in total. The Hall–Kier alpha value is -0.370. The second-order valence-corrected chi connectivity index (χ2v) is 3.69. The number of hydrogen-bond donors (Lipinski definition) is 1. The molecule has 12 heavy (non-hydrogen) atoms. The summed E-state index contributed by atoms with van der Waals surface area (Å²) in [5.41, 5.74) is 5.76. The van der Waals surface area contributed by atoms with E-state index in [0.29, 0.717) is 0 Å². The lowest BCUT2D eigenvalue weighted by Gasteiger charge is -2.19. The molecule has 0 aliphatic carbocycles. The molecule has 2 nitrogen and oxygen atoms in total. The van der Waals surface area contributed by atoms with Gasteiger partial charge in [-0.15, -0.1) is 0 Å². The van der Waals surface area contributed by atoms with Crippen LogP contribution in [0.15, 0.2) is 0 Å². The Balaban J connectivity index is 4.16. The maximum Gasteiger partial charge on any atom is 0.152 e. The highest BCUT2D eigenvalue weighted by atomic mass is 16.1. The van der Waals surface area contributed by atoms with Crippen LogP contribution in [0.25, 0.3) is 0 Å². The largest absolute Gasteiger partial charge is 0.321 e. The average Bonchev–Trinajstić information content (AvgIpc) is 2.05. The van der Waals surface area contributed by atoms with Gasteiger partial charge in [-0.25, -0.2) is 0 Å². The van der Waals surface area contributed by atoms with Crippen LogP contribution >= 0.6 is 0 Å². The van der Waals surface area contributed by atoms with Crippen LogP contribution in [-0.2, 0) is 4.79 Å². The van der Waals surface area contributed by atoms with E-state index in [0.717, 1.165) is 12.8 Å². The number of rotatable bonds is 5. The number of Topliss-reactive ketones (excluding diaryl/α,β-unsaturated/α-hetero) is 1. The van der Waals surface area contributed by atoms with Crippen molar-refractivity contribution in [3.05, 3.63) is 0 Å². The van der Waals surface area contributed by atoms with E-state index in [1.807, 2.05) is 27.7 Å². The van der Waals surface area contributed by atoms with Crippen LogP contribution in [0.2, 0.25) is 0 Å². The van der Waals surface area contributed by atoms with E-state index in [1.54, 1.807) is 0 Å². The minimum absolute atomic E-state index is 0.169. The van der Waals surface area contributed by atoms with Gasteiger partial charge in [0.2, 0.25) is 0 Å². The highest BCUT2D eigenvalue weighted by Crippen LogP contribution is 2.13. The molecule has 1 unspecified atom stereocenters. The first-order valence-electron chi connectivity index (χ1n) is 4.83. The van der Waals surface area contributed by atoms with Crippen LogP contribution in [0.3, 0.4) is 0 Å². The normalized spacial score (nSPS) is 13.9. The van der Waals surface area contributed by atoms with Gasteiger partial charge in [0, 0.05) is 5.92 Å². The smallest absolute Gasteiger partial charge is 0.152 e. The van der Waals surface area contributed by atoms with Crippen molar-refractivity contribution in [1.82, 2.24) is 0 Å². The summed E-state index contributed by atoms with van der Waals surface area (Å²) in [6, 6.07) is -0.269. The summed E-state index contributed by atoms with van der Waals surface area (Å²) in [6.45, 7) is 8.06. The van der Waals surface area contributed by atoms with Crippen LogP contribution in [0, 0.1) is 11.8 Å². The minimum atomic E-state index is -0.269. The Morgan fingerprint density at radius 2 is 1.67 bits per heavy atom. The highest BCUT2D eigenvalue weighted by molar-refractivity contribution is 5.86. The number of carbonyl (C=O) groups is 1. The molecule has 2 heteroatoms. The number of carbonyl (C=O) groups excluding carboxylic acids is 1. The summed E-state index contributed by atoms with van der Waals surface area (Å²) in [4.78, 5) is 11.6. The predicted octanol–water partition coefficient (Wildman–Crippen LogP) is 1.98. The van der Waals surface area contributed by atoms with Crippen molar-refractivity contribution in [1.29, 1.82) is 0 Å². The third-order valence-corrected chi connectivity index (χ3v) is 2.43. The van der Waals surface area contributed by atoms with Crippen molar-refractivity contribution in [2.24, 2.45) is 17.6 Å². The number of ketones is 1. The van der Waals surface area contributed by atoms with Gasteiger partial charge >= 0.3 is 0 Å². The van der Waals surface area contributed by atoms with Crippen molar-refractivity contribution in [3.63, 3.8) is 0 Å². The number of nitrogens with two attached hydrogens (primary N) is 1. The molecular formula is C10H21NO. The maximum absolute atomic E-state index is 11.6. The molecular weight excluding hydrogens is 150 g/mol. The Labute approximate surface area is 75.5 Å². The van der Waals surface area contributed by atoms with Crippen LogP contribution < -0.4 is 5.73 Å². The Morgan fingerprint density at radius 3 is 1.92 bits per heavy atom. The molecule has 0 fully saturated rings. The first-order chi connectivity index (χ1) is 5.54. The molecule has 0 aromatic heterocycles. The molecule has 0 rings (SSSR count). The van der Waals surface area contributed by atoms with Gasteiger partial charge in [0.1, 0.15) is 0 Å². The first-order valence-corrected chi connectivity index (χ1v) is 4.83. The van der Waals surface area contributed by atoms with Gasteiger partial charge < -0.3 is 5.73 Å². The van der Waals surface area contributed by atoms with E-state index in [4.69, 9.17) is 5.73 Å². The predicted molar refractivity (Wildman–Crippen MR) is 51.9 cm³/mol. The Bertz CT molecular complexity index is 135. The van der Waals surface area contributed by atoms with E-state index in [2.05, 4.69) is 0 Å². The maximum atomic E-state index is 11.6. The van der Waals surface area contributed by atoms with E-state index >= 15 is 0 Å². The summed E-state index contributed by atoms with van der Waals surface area (Å²) in [5, 5.41) is 0. The van der Waals surface area contributed by atoms with Crippen LogP contribution in [0.1, 0.15) is 40.5 Å². The summed E-state index contributed by atoms with van der Waals surface area (Å²) < 4.78 is 0. The van der Waals surface area contributed by atoms with Crippen molar-refractivity contribution in [2.45, 2.75) is 46.6 Å². The fraction of sp³-hybridized carbons (Fsp3) is 0.900. The molecule has 0 bridgehead atoms. The summed E-state index contributed by atoms with van der Waals surface area (Å²) >= 11 is 0. The van der Waals surface area contributed by atoms with Gasteiger partial charge in [0.05, 0.1) is 6.04 Å². The average molecular weight is 171 g/mol. The van der Waals surface area contributed by atoms with Crippen LogP contribution in [-0.4, -0.2) is 11.8 Å². The Kier molecular flexibility index (Phi) is 5.14. The molecule has 0 aromatic rings. The molecule has 0 saturated heterocycles. The summed E-state index contributed by atoms with van der Waals surface area (Å²) in [5.74, 6) is 0.662. The van der Waals surface area contributed by atoms with Gasteiger partial charge in [-0.2, -0.15) is 0 Å². The first kappa shape index (κ1) is 11.6. The molecule has 0 aromatic carbocycles. The fourth-order valence-corrected chi connectivity index (χ4v) is 1.29. The fourth-order valence-electron chi connectivity index (χ4n) is 1.29. The van der Waals surface area contributed by atoms with E-state index in [1.165, 1.54) is 0 Å². The van der Waals surface area contributed by atoms with Crippen molar-refractivity contribution >= 4 is 5.78 Å². The summed E-state index contributed by atoms with van der Waals surface area (Å²) in [6.07, 6.45) is 1.82. The number of hydrogen-bond acceptors (Lipinski definition) is 2. The minimum Gasteiger partial charge on any atom is -0.321 e. The molecule has 0 heterocycles. The molecule has 1 atom stereocenters. The van der Waals surface area contributed by atoms with Gasteiger partial charge in [0.15, 0.2) is 5.78 Å². The molecule has 0 spiro atoms. The lowest BCUT2D eigenvalue weighted by Crippen LogP contribution is -2.39. The van der Waals surface area contributed by atoms with E-state index in [9.17, 15) is 4.79 Å². The molecule has 0 aliphatic heterocycles. The van der Waals surface area contributed by atoms with E-state index in [-0.39, 0.29) is 23.7 Å². The molecule has 0 radical (unpaired) electrons. The van der Waals surface area contributed by atoms with Crippen LogP contribution in [0.4, 0.5) is 0 Å². The second kappa shape index (κ2) is 5.31. The van der Waals surface area contributed by atoms with Crippen molar-refractivity contribution in [2.75, 3.05) is 0 Å². The topological polar surface area (TPSA) is 43.1 Å². The molecule has 72 valence electrons. The van der Waals surface area contributed by atoms with Crippen molar-refractivity contribution < 1.29 is 4.79 Å². The van der Waals surface area contributed by atoms with Gasteiger partial charge in [-0.05, 0) is 18.8 Å². The van der Waals surface area contributed by atoms with Crippen LogP contribution in [0.5, 0.6) is 0 Å². The monoisotopic (exact) mass is 171 g/mol. The lowest BCUT2D eigenvalue weighted by molar-refractivity contribution is -0.125. The standard InChI is InChI=1S/C10H21NO/c1-5-8(6-2)10(12)9(11)7(3)4/h7-9H,5-6,11H2,1-4H3. The van der Waals surface area contributed by atoms with Gasteiger partial charge in [-0.1, -0.05) is 27.7 Å². The Morgan fingerprint density at radius 1 is 1.25 bits per heavy atom. The molecule has 0 saturated carbocycles. The lowest BCUT2D eigenvalue weighted by atomic mass is 9.88. The van der Waals surface area contributed by atoms with Crippen molar-refractivity contribution in [3.8, 4) is 0 Å². The zero-order chi connectivity index (χ0) is 9.72.